The number of aromatic nitrogens is 1. The Kier molecular flexibility index (Phi) is 5.00. The Hall–Kier alpha value is -2.45. The van der Waals surface area contributed by atoms with Crippen molar-refractivity contribution in [1.29, 1.82) is 5.26 Å². The largest absolute Gasteiger partial charge is 0.335 e. The van der Waals surface area contributed by atoms with Crippen LogP contribution in [0.2, 0.25) is 0 Å². The molecule has 1 aromatic rings. The molecule has 25 heavy (non-hydrogen) atoms. The first-order valence-corrected chi connectivity index (χ1v) is 8.78. The van der Waals surface area contributed by atoms with Gasteiger partial charge in [-0.1, -0.05) is 38.2 Å². The Balaban J connectivity index is 1.75. The van der Waals surface area contributed by atoms with E-state index in [0.717, 1.165) is 24.1 Å². The van der Waals surface area contributed by atoms with Crippen molar-refractivity contribution in [3.05, 3.63) is 42.2 Å². The number of carbonyl (C=O) groups excluding carboxylic acids is 1. The second-order valence-electron chi connectivity index (χ2n) is 7.06. The summed E-state index contributed by atoms with van der Waals surface area (Å²) in [6.45, 7) is 8.47. The third-order valence-electron chi connectivity index (χ3n) is 5.54. The Morgan fingerprint density at radius 2 is 2.16 bits per heavy atom. The molecular weight excluding hydrogens is 312 g/mol. The predicted octanol–water partition coefficient (Wildman–Crippen LogP) is 2.97. The summed E-state index contributed by atoms with van der Waals surface area (Å²) < 4.78 is 0. The quantitative estimate of drug-likeness (QED) is 0.866. The molecule has 5 heteroatoms. The minimum absolute atomic E-state index is 0.116. The van der Waals surface area contributed by atoms with Crippen molar-refractivity contribution in [2.75, 3.05) is 6.54 Å². The van der Waals surface area contributed by atoms with Gasteiger partial charge in [0.25, 0.3) is 0 Å². The molecule has 2 N–H and O–H groups in total. The Labute approximate surface area is 148 Å². The van der Waals surface area contributed by atoms with E-state index in [0.29, 0.717) is 5.56 Å². The van der Waals surface area contributed by atoms with Gasteiger partial charge in [-0.2, -0.15) is 5.26 Å². The molecule has 0 bridgehead atoms. The highest BCUT2D eigenvalue weighted by Crippen LogP contribution is 2.44. The lowest BCUT2D eigenvalue weighted by Gasteiger charge is -2.21. The number of nitrogens with zero attached hydrogens (tertiary/aromatic N) is 2. The number of hydrogen-bond donors (Lipinski definition) is 2. The fourth-order valence-electron chi connectivity index (χ4n) is 4.16. The van der Waals surface area contributed by atoms with Gasteiger partial charge in [0.05, 0.1) is 12.1 Å². The molecule has 2 aliphatic rings. The molecular formula is C20H24N4O. The zero-order chi connectivity index (χ0) is 17.9. The van der Waals surface area contributed by atoms with Crippen LogP contribution in [0, 0.1) is 16.7 Å². The summed E-state index contributed by atoms with van der Waals surface area (Å²) in [7, 11) is 0. The maximum atomic E-state index is 12.7. The Morgan fingerprint density at radius 3 is 2.80 bits per heavy atom. The first-order valence-electron chi connectivity index (χ1n) is 8.78. The number of nitriles is 1. The second kappa shape index (κ2) is 7.20. The van der Waals surface area contributed by atoms with E-state index >= 15 is 0 Å². The number of hydrogen-bond acceptors (Lipinski definition) is 4. The van der Waals surface area contributed by atoms with E-state index in [2.05, 4.69) is 34.8 Å². The van der Waals surface area contributed by atoms with Crippen LogP contribution in [0.1, 0.15) is 54.8 Å². The summed E-state index contributed by atoms with van der Waals surface area (Å²) in [5.41, 5.74) is 2.51. The monoisotopic (exact) mass is 336 g/mol. The van der Waals surface area contributed by atoms with Gasteiger partial charge in [0, 0.05) is 24.5 Å². The molecule has 2 heterocycles. The van der Waals surface area contributed by atoms with E-state index in [4.69, 9.17) is 0 Å². The lowest BCUT2D eigenvalue weighted by Crippen LogP contribution is -2.42. The van der Waals surface area contributed by atoms with E-state index in [1.54, 1.807) is 24.5 Å². The third-order valence-corrected chi connectivity index (χ3v) is 5.54. The number of rotatable bonds is 5. The fraction of sp³-hybridized carbons (Fsp3) is 0.450. The molecule has 2 atom stereocenters. The van der Waals surface area contributed by atoms with Crippen molar-refractivity contribution in [2.45, 2.75) is 44.2 Å². The van der Waals surface area contributed by atoms with Crippen LogP contribution in [0.5, 0.6) is 0 Å². The summed E-state index contributed by atoms with van der Waals surface area (Å²) >= 11 is 0. The van der Waals surface area contributed by atoms with Crippen LogP contribution >= 0.6 is 0 Å². The van der Waals surface area contributed by atoms with Crippen molar-refractivity contribution >= 4 is 18.1 Å². The van der Waals surface area contributed by atoms with Gasteiger partial charge in [0.15, 0.2) is 0 Å². The molecule has 1 spiro atoms. The van der Waals surface area contributed by atoms with Crippen molar-refractivity contribution in [3.63, 3.8) is 0 Å². The van der Waals surface area contributed by atoms with Crippen molar-refractivity contribution in [1.82, 2.24) is 15.6 Å². The Bertz CT molecular complexity index is 728. The van der Waals surface area contributed by atoms with Crippen LogP contribution in [-0.2, 0) is 4.79 Å². The maximum absolute atomic E-state index is 12.7. The highest BCUT2D eigenvalue weighted by Gasteiger charge is 2.43. The molecule has 3 rings (SSSR count). The standard InChI is InChI=1S/C20H24N4O/c1-3-14-11-22-12-16(15(14)4-2)18(10-21)24-19(25)17-9-20(13-23-17)7-5-6-8-20/h3-4,11-12,17-18,23H,1-2,5-9,13H2,(H,24,25). The number of pyridine rings is 1. The molecule has 1 amide bonds. The van der Waals surface area contributed by atoms with Gasteiger partial charge in [0.2, 0.25) is 5.91 Å². The first kappa shape index (κ1) is 17.4. The summed E-state index contributed by atoms with van der Waals surface area (Å²) in [6, 6.07) is 1.20. The van der Waals surface area contributed by atoms with E-state index in [-0.39, 0.29) is 17.4 Å². The van der Waals surface area contributed by atoms with Gasteiger partial charge in [-0.05, 0) is 35.8 Å². The molecule has 2 fully saturated rings. The lowest BCUT2D eigenvalue weighted by atomic mass is 9.84. The Morgan fingerprint density at radius 1 is 1.40 bits per heavy atom. The van der Waals surface area contributed by atoms with E-state index in [1.807, 2.05) is 0 Å². The number of carbonyl (C=O) groups is 1. The normalized spacial score (nSPS) is 22.3. The summed E-state index contributed by atoms with van der Waals surface area (Å²) in [4.78, 5) is 16.8. The molecule has 5 nitrogen and oxygen atoms in total. The van der Waals surface area contributed by atoms with E-state index in [1.165, 1.54) is 25.7 Å². The number of nitrogens with one attached hydrogen (secondary N) is 2. The summed E-state index contributed by atoms with van der Waals surface area (Å²) in [6.07, 6.45) is 12.4. The molecule has 130 valence electrons. The fourth-order valence-corrected chi connectivity index (χ4v) is 4.16. The molecule has 2 unspecified atom stereocenters. The molecule has 1 saturated carbocycles. The van der Waals surface area contributed by atoms with E-state index < -0.39 is 6.04 Å². The zero-order valence-electron chi connectivity index (χ0n) is 14.4. The summed E-state index contributed by atoms with van der Waals surface area (Å²) in [5, 5.41) is 15.8. The third kappa shape index (κ3) is 3.35. The highest BCUT2D eigenvalue weighted by atomic mass is 16.2. The molecule has 0 aromatic carbocycles. The predicted molar refractivity (Wildman–Crippen MR) is 98.2 cm³/mol. The number of amides is 1. The summed E-state index contributed by atoms with van der Waals surface area (Å²) in [5.74, 6) is -0.116. The SMILES string of the molecule is C=Cc1cncc(C(C#N)NC(=O)C2CC3(CCCC3)CN2)c1C=C. The van der Waals surface area contributed by atoms with Gasteiger partial charge in [-0.3, -0.25) is 9.78 Å². The molecule has 1 aliphatic heterocycles. The van der Waals surface area contributed by atoms with E-state index in [9.17, 15) is 10.1 Å². The van der Waals surface area contributed by atoms with Gasteiger partial charge in [0.1, 0.15) is 6.04 Å². The van der Waals surface area contributed by atoms with Crippen molar-refractivity contribution in [3.8, 4) is 6.07 Å². The second-order valence-corrected chi connectivity index (χ2v) is 7.06. The van der Waals surface area contributed by atoms with Crippen LogP contribution in [0.3, 0.4) is 0 Å². The minimum Gasteiger partial charge on any atom is -0.335 e. The van der Waals surface area contributed by atoms with Crippen LogP contribution < -0.4 is 10.6 Å². The van der Waals surface area contributed by atoms with Crippen molar-refractivity contribution in [2.24, 2.45) is 5.41 Å². The lowest BCUT2D eigenvalue weighted by molar-refractivity contribution is -0.123. The van der Waals surface area contributed by atoms with Crippen LogP contribution in [0.25, 0.3) is 12.2 Å². The van der Waals surface area contributed by atoms with Crippen molar-refractivity contribution < 1.29 is 4.79 Å². The smallest absolute Gasteiger partial charge is 0.238 e. The molecule has 0 radical (unpaired) electrons. The van der Waals surface area contributed by atoms with Crippen LogP contribution in [-0.4, -0.2) is 23.5 Å². The van der Waals surface area contributed by atoms with Gasteiger partial charge in [-0.15, -0.1) is 0 Å². The van der Waals surface area contributed by atoms with Crippen LogP contribution in [0.4, 0.5) is 0 Å². The first-order chi connectivity index (χ1) is 12.1. The zero-order valence-corrected chi connectivity index (χ0v) is 14.4. The van der Waals surface area contributed by atoms with Crippen LogP contribution in [0.15, 0.2) is 25.6 Å². The topological polar surface area (TPSA) is 77.8 Å². The minimum atomic E-state index is -0.755. The average molecular weight is 336 g/mol. The van der Waals surface area contributed by atoms with Gasteiger partial charge < -0.3 is 10.6 Å². The van der Waals surface area contributed by atoms with Gasteiger partial charge >= 0.3 is 0 Å². The molecule has 1 saturated heterocycles. The highest BCUT2D eigenvalue weighted by molar-refractivity contribution is 5.83. The maximum Gasteiger partial charge on any atom is 0.238 e. The average Bonchev–Trinajstić information content (AvgIpc) is 3.28. The van der Waals surface area contributed by atoms with Gasteiger partial charge in [-0.25, -0.2) is 0 Å². The molecule has 1 aromatic heterocycles. The molecule has 1 aliphatic carbocycles.